The highest BCUT2D eigenvalue weighted by Gasteiger charge is 2.54. The van der Waals surface area contributed by atoms with E-state index in [1.807, 2.05) is 35.5 Å². The summed E-state index contributed by atoms with van der Waals surface area (Å²) in [6.07, 6.45) is 9.73. The van der Waals surface area contributed by atoms with Gasteiger partial charge in [-0.15, -0.1) is 11.3 Å². The molecule has 6 nitrogen and oxygen atoms in total. The van der Waals surface area contributed by atoms with Crippen LogP contribution >= 0.6 is 11.3 Å². The van der Waals surface area contributed by atoms with Crippen molar-refractivity contribution in [3.05, 3.63) is 41.7 Å². The minimum absolute atomic E-state index is 0.0692. The summed E-state index contributed by atoms with van der Waals surface area (Å²) < 4.78 is 5.65. The zero-order chi connectivity index (χ0) is 21.5. The fourth-order valence-electron chi connectivity index (χ4n) is 5.85. The van der Waals surface area contributed by atoms with E-state index < -0.39 is 0 Å². The van der Waals surface area contributed by atoms with Gasteiger partial charge in [-0.3, -0.25) is 14.6 Å². The van der Waals surface area contributed by atoms with E-state index in [0.717, 1.165) is 42.2 Å². The van der Waals surface area contributed by atoms with Crippen molar-refractivity contribution in [2.75, 3.05) is 13.1 Å². The Labute approximate surface area is 186 Å². The standard InChI is InChI=1S/C24H27N3O3S/c1-14-22-20(6-5-18-4-3-16(12-26-18)23-25-8-10-31-23)19-7-9-27(15(2)28)13-17(19)11-21(22)24(29)30-14/h3-6,8,10,12,14,17,19-22H,7,9,11,13H2,1-2H3/b6-5+/t14-,17-,19-,20+,21-,22+/m1/s1. The molecule has 2 aromatic heterocycles. The van der Waals surface area contributed by atoms with Gasteiger partial charge in [-0.1, -0.05) is 6.08 Å². The van der Waals surface area contributed by atoms with E-state index in [-0.39, 0.29) is 35.7 Å². The van der Waals surface area contributed by atoms with E-state index in [9.17, 15) is 9.59 Å². The molecule has 31 heavy (non-hydrogen) atoms. The van der Waals surface area contributed by atoms with E-state index in [1.165, 1.54) is 0 Å². The molecule has 2 aliphatic heterocycles. The number of carbonyl (C=O) groups excluding carboxylic acids is 2. The number of aromatic nitrogens is 2. The van der Waals surface area contributed by atoms with Gasteiger partial charge in [-0.2, -0.15) is 0 Å². The first-order chi connectivity index (χ1) is 15.0. The number of ether oxygens (including phenoxy) is 1. The molecular formula is C24H27N3O3S. The lowest BCUT2D eigenvalue weighted by Gasteiger charge is -2.48. The van der Waals surface area contributed by atoms with Crippen molar-refractivity contribution in [3.63, 3.8) is 0 Å². The lowest BCUT2D eigenvalue weighted by molar-refractivity contribution is -0.144. The molecule has 0 spiro atoms. The first kappa shape index (κ1) is 20.4. The molecule has 3 aliphatic rings. The second kappa shape index (κ2) is 8.19. The van der Waals surface area contributed by atoms with Crippen LogP contribution in [0.3, 0.4) is 0 Å². The van der Waals surface area contributed by atoms with E-state index in [0.29, 0.717) is 11.8 Å². The molecule has 6 atom stereocenters. The highest BCUT2D eigenvalue weighted by Crippen LogP contribution is 2.51. The Bertz CT molecular complexity index is 988. The van der Waals surface area contributed by atoms with E-state index in [1.54, 1.807) is 24.5 Å². The summed E-state index contributed by atoms with van der Waals surface area (Å²) in [6, 6.07) is 4.07. The number of carbonyl (C=O) groups is 2. The number of allylic oxidation sites excluding steroid dienone is 1. The number of thiazole rings is 1. The third-order valence-corrected chi connectivity index (χ3v) is 8.12. The zero-order valence-corrected chi connectivity index (χ0v) is 18.6. The SMILES string of the molecule is CC(=O)N1CC[C@@H]2[C@H](C[C@H]3C(=O)O[C@H](C)[C@H]3[C@H]2/C=C/c2ccc(-c3nccs3)cn2)C1. The molecule has 1 amide bonds. The Morgan fingerprint density at radius 3 is 2.90 bits per heavy atom. The summed E-state index contributed by atoms with van der Waals surface area (Å²) in [6.45, 7) is 5.20. The molecule has 0 bridgehead atoms. The smallest absolute Gasteiger partial charge is 0.309 e. The number of esters is 1. The number of hydrogen-bond donors (Lipinski definition) is 0. The van der Waals surface area contributed by atoms with Crippen molar-refractivity contribution in [3.8, 4) is 10.6 Å². The van der Waals surface area contributed by atoms with Crippen molar-refractivity contribution in [2.45, 2.75) is 32.8 Å². The van der Waals surface area contributed by atoms with E-state index in [4.69, 9.17) is 4.74 Å². The van der Waals surface area contributed by atoms with Gasteiger partial charge in [-0.05, 0) is 55.7 Å². The summed E-state index contributed by atoms with van der Waals surface area (Å²) in [5, 5.41) is 2.93. The Hall–Kier alpha value is -2.54. The second-order valence-corrected chi connectivity index (χ2v) is 9.88. The highest BCUT2D eigenvalue weighted by molar-refractivity contribution is 7.13. The van der Waals surface area contributed by atoms with Crippen LogP contribution in [0.2, 0.25) is 0 Å². The van der Waals surface area contributed by atoms with Gasteiger partial charge in [0.05, 0.1) is 11.6 Å². The molecule has 1 aliphatic carbocycles. The van der Waals surface area contributed by atoms with Gasteiger partial charge >= 0.3 is 5.97 Å². The van der Waals surface area contributed by atoms with Crippen LogP contribution in [0.15, 0.2) is 36.0 Å². The number of fused-ring (bicyclic) bond motifs is 2. The van der Waals surface area contributed by atoms with Gasteiger partial charge in [0.1, 0.15) is 11.1 Å². The number of likely N-dealkylation sites (tertiary alicyclic amines) is 1. The number of hydrogen-bond acceptors (Lipinski definition) is 6. The van der Waals surface area contributed by atoms with Gasteiger partial charge in [0.15, 0.2) is 0 Å². The molecule has 162 valence electrons. The Morgan fingerprint density at radius 1 is 1.32 bits per heavy atom. The summed E-state index contributed by atoms with van der Waals surface area (Å²) in [5.74, 6) is 1.23. The van der Waals surface area contributed by atoms with Crippen LogP contribution in [-0.2, 0) is 14.3 Å². The van der Waals surface area contributed by atoms with Crippen LogP contribution in [-0.4, -0.2) is 45.9 Å². The molecule has 3 fully saturated rings. The van der Waals surface area contributed by atoms with Gasteiger partial charge in [0, 0.05) is 49.3 Å². The van der Waals surface area contributed by atoms with Crippen molar-refractivity contribution >= 4 is 29.3 Å². The fraction of sp³-hybridized carbons (Fsp3) is 0.500. The number of rotatable bonds is 3. The highest BCUT2D eigenvalue weighted by atomic mass is 32.1. The largest absolute Gasteiger partial charge is 0.462 e. The van der Waals surface area contributed by atoms with Gasteiger partial charge in [-0.25, -0.2) is 4.98 Å². The predicted octanol–water partition coefficient (Wildman–Crippen LogP) is 3.90. The quantitative estimate of drug-likeness (QED) is 0.681. The molecular weight excluding hydrogens is 410 g/mol. The zero-order valence-electron chi connectivity index (χ0n) is 17.8. The van der Waals surface area contributed by atoms with Gasteiger partial charge in [0.2, 0.25) is 5.91 Å². The topological polar surface area (TPSA) is 72.4 Å². The number of pyridine rings is 1. The third-order valence-electron chi connectivity index (χ3n) is 7.30. The summed E-state index contributed by atoms with van der Waals surface area (Å²) in [4.78, 5) is 35.3. The lowest BCUT2D eigenvalue weighted by atomic mass is 9.59. The predicted molar refractivity (Wildman–Crippen MR) is 119 cm³/mol. The van der Waals surface area contributed by atoms with Crippen LogP contribution in [0.1, 0.15) is 32.4 Å². The van der Waals surface area contributed by atoms with Crippen LogP contribution < -0.4 is 0 Å². The molecule has 0 N–H and O–H groups in total. The molecule has 0 radical (unpaired) electrons. The molecule has 5 rings (SSSR count). The minimum atomic E-state index is -0.0713. The Morgan fingerprint density at radius 2 is 2.19 bits per heavy atom. The van der Waals surface area contributed by atoms with Crippen LogP contribution in [0.4, 0.5) is 0 Å². The Balaban J connectivity index is 1.40. The third kappa shape index (κ3) is 3.80. The molecule has 0 unspecified atom stereocenters. The normalized spacial score (nSPS) is 32.6. The summed E-state index contributed by atoms with van der Waals surface area (Å²) in [7, 11) is 0. The molecule has 2 aromatic rings. The van der Waals surface area contributed by atoms with Crippen molar-refractivity contribution in [1.29, 1.82) is 0 Å². The lowest BCUT2D eigenvalue weighted by Crippen LogP contribution is -2.51. The summed E-state index contributed by atoms with van der Waals surface area (Å²) >= 11 is 1.60. The second-order valence-electron chi connectivity index (χ2n) is 8.98. The van der Waals surface area contributed by atoms with Crippen LogP contribution in [0.5, 0.6) is 0 Å². The maximum atomic E-state index is 12.5. The van der Waals surface area contributed by atoms with Crippen molar-refractivity contribution < 1.29 is 14.3 Å². The average molecular weight is 438 g/mol. The summed E-state index contributed by atoms with van der Waals surface area (Å²) in [5.41, 5.74) is 1.92. The fourth-order valence-corrected chi connectivity index (χ4v) is 6.48. The Kier molecular flexibility index (Phi) is 5.38. The number of amides is 1. The molecule has 7 heteroatoms. The van der Waals surface area contributed by atoms with Crippen molar-refractivity contribution in [1.82, 2.24) is 14.9 Å². The first-order valence-electron chi connectivity index (χ1n) is 11.0. The van der Waals surface area contributed by atoms with E-state index >= 15 is 0 Å². The number of piperidine rings is 1. The maximum Gasteiger partial charge on any atom is 0.309 e. The van der Waals surface area contributed by atoms with E-state index in [2.05, 4.69) is 22.1 Å². The van der Waals surface area contributed by atoms with Crippen LogP contribution in [0, 0.1) is 29.6 Å². The first-order valence-corrected chi connectivity index (χ1v) is 11.9. The molecule has 0 aromatic carbocycles. The molecule has 1 saturated carbocycles. The number of cyclic esters (lactones) is 1. The molecule has 2 saturated heterocycles. The van der Waals surface area contributed by atoms with Gasteiger partial charge < -0.3 is 9.64 Å². The van der Waals surface area contributed by atoms with Crippen LogP contribution in [0.25, 0.3) is 16.6 Å². The minimum Gasteiger partial charge on any atom is -0.462 e. The van der Waals surface area contributed by atoms with Crippen molar-refractivity contribution in [2.24, 2.45) is 29.6 Å². The number of nitrogens with zero attached hydrogens (tertiary/aromatic N) is 3. The van der Waals surface area contributed by atoms with Gasteiger partial charge in [0.25, 0.3) is 0 Å². The average Bonchev–Trinajstić information content (AvgIpc) is 3.40. The molecule has 4 heterocycles. The maximum absolute atomic E-state index is 12.5. The monoisotopic (exact) mass is 437 g/mol.